The number of para-hydroxylation sites is 1. The van der Waals surface area contributed by atoms with E-state index in [1.54, 1.807) is 61.5 Å². The molecule has 0 fully saturated rings. The lowest BCUT2D eigenvalue weighted by Crippen LogP contribution is -2.54. The Hall–Kier alpha value is -5.35. The number of H-pyrrole nitrogens is 1. The monoisotopic (exact) mass is 549 g/mol. The highest BCUT2D eigenvalue weighted by Gasteiger charge is 2.32. The highest BCUT2D eigenvalue weighted by Crippen LogP contribution is 2.21. The molecular weight excluding hydrogens is 530 g/mol. The van der Waals surface area contributed by atoms with E-state index in [0.717, 1.165) is 5.01 Å². The zero-order valence-corrected chi connectivity index (χ0v) is 21.8. The van der Waals surface area contributed by atoms with E-state index in [0.29, 0.717) is 27.5 Å². The first-order chi connectivity index (χ1) is 19.4. The van der Waals surface area contributed by atoms with E-state index in [-0.39, 0.29) is 28.4 Å². The van der Waals surface area contributed by atoms with Gasteiger partial charge in [0.05, 0.1) is 11.4 Å². The number of hydrogen-bond acceptors (Lipinski definition) is 6. The lowest BCUT2D eigenvalue weighted by molar-refractivity contribution is -0.120. The number of fused-ring (bicyclic) bond motifs is 1. The molecule has 40 heavy (non-hydrogen) atoms. The number of benzene rings is 3. The number of carbonyl (C=O) groups excluding carboxylic acids is 2. The van der Waals surface area contributed by atoms with Crippen LogP contribution in [0.15, 0.2) is 100 Å². The molecule has 0 aliphatic carbocycles. The van der Waals surface area contributed by atoms with Crippen LogP contribution in [-0.2, 0) is 4.79 Å². The van der Waals surface area contributed by atoms with Gasteiger partial charge in [-0.2, -0.15) is 10.1 Å². The maximum Gasteiger partial charge on any atom is 0.314 e. The first-order valence-electron chi connectivity index (χ1n) is 12.2. The summed E-state index contributed by atoms with van der Waals surface area (Å²) in [5.74, 6) is -1.53. The minimum atomic E-state index is -0.779. The second kappa shape index (κ2) is 10.1. The van der Waals surface area contributed by atoms with Gasteiger partial charge in [0.1, 0.15) is 11.1 Å². The lowest BCUT2D eigenvalue weighted by atomic mass is 10.1. The number of hydrazine groups is 1. The third-order valence-corrected chi connectivity index (χ3v) is 6.46. The van der Waals surface area contributed by atoms with Crippen LogP contribution < -0.4 is 11.0 Å². The number of aromatic amines is 1. The molecule has 2 N–H and O–H groups in total. The average Bonchev–Trinajstić information content (AvgIpc) is 3.32. The van der Waals surface area contributed by atoms with Gasteiger partial charge in [0.2, 0.25) is 5.82 Å². The average molecular weight is 550 g/mol. The Kier molecular flexibility index (Phi) is 6.29. The molecule has 196 valence electrons. The quantitative estimate of drug-likeness (QED) is 0.327. The minimum Gasteiger partial charge on any atom is -0.302 e. The molecule has 0 saturated carbocycles. The number of nitrogens with one attached hydrogen (secondary N) is 2. The lowest BCUT2D eigenvalue weighted by Gasteiger charge is -2.28. The fraction of sp³-hybridized carbons (Fsp3) is 0.0345. The third kappa shape index (κ3) is 4.56. The number of aliphatic imine (C=N–C) groups is 1. The number of hydrogen-bond donors (Lipinski definition) is 2. The molecule has 5 aromatic rings. The van der Waals surface area contributed by atoms with Crippen molar-refractivity contribution in [1.82, 2.24) is 30.2 Å². The molecule has 0 spiro atoms. The van der Waals surface area contributed by atoms with E-state index in [1.165, 1.54) is 4.68 Å². The summed E-state index contributed by atoms with van der Waals surface area (Å²) >= 11 is 5.98. The van der Waals surface area contributed by atoms with Crippen LogP contribution in [-0.4, -0.2) is 42.4 Å². The highest BCUT2D eigenvalue weighted by molar-refractivity contribution is 6.30. The minimum absolute atomic E-state index is 0.0832. The maximum atomic E-state index is 13.8. The van der Waals surface area contributed by atoms with Crippen molar-refractivity contribution in [1.29, 1.82) is 0 Å². The zero-order chi connectivity index (χ0) is 27.8. The number of halogens is 1. The Morgan fingerprint density at radius 1 is 0.925 bits per heavy atom. The Balaban J connectivity index is 1.46. The van der Waals surface area contributed by atoms with Crippen LogP contribution in [0.1, 0.15) is 27.4 Å². The summed E-state index contributed by atoms with van der Waals surface area (Å²) in [6.07, 6.45) is 1.59. The topological polar surface area (TPSA) is 125 Å². The molecule has 1 aliphatic heterocycles. The fourth-order valence-corrected chi connectivity index (χ4v) is 4.44. The summed E-state index contributed by atoms with van der Waals surface area (Å²) in [4.78, 5) is 51.6. The molecular formula is C29H20ClN7O3. The van der Waals surface area contributed by atoms with Crippen molar-refractivity contribution in [3.05, 3.63) is 129 Å². The van der Waals surface area contributed by atoms with Crippen LogP contribution in [0.25, 0.3) is 22.8 Å². The molecule has 0 bridgehead atoms. The summed E-state index contributed by atoms with van der Waals surface area (Å²) in [6, 6.07) is 25.0. The van der Waals surface area contributed by atoms with Crippen molar-refractivity contribution < 1.29 is 9.59 Å². The van der Waals surface area contributed by atoms with E-state index in [2.05, 4.69) is 25.5 Å². The van der Waals surface area contributed by atoms with Gasteiger partial charge in [-0.1, -0.05) is 72.3 Å². The van der Waals surface area contributed by atoms with Gasteiger partial charge in [0, 0.05) is 10.6 Å². The summed E-state index contributed by atoms with van der Waals surface area (Å²) in [5, 5.41) is 6.26. The van der Waals surface area contributed by atoms with E-state index < -0.39 is 17.4 Å². The Labute approximate surface area is 232 Å². The van der Waals surface area contributed by atoms with Gasteiger partial charge in [-0.05, 0) is 42.8 Å². The first kappa shape index (κ1) is 25.0. The molecule has 0 radical (unpaired) electrons. The largest absolute Gasteiger partial charge is 0.314 e. The summed E-state index contributed by atoms with van der Waals surface area (Å²) < 4.78 is 1.50. The second-order valence-corrected chi connectivity index (χ2v) is 9.35. The molecule has 10 nitrogen and oxygen atoms in total. The summed E-state index contributed by atoms with van der Waals surface area (Å²) in [7, 11) is 0. The van der Waals surface area contributed by atoms with Gasteiger partial charge >= 0.3 is 5.91 Å². The van der Waals surface area contributed by atoms with Crippen molar-refractivity contribution in [3.8, 4) is 5.69 Å². The highest BCUT2D eigenvalue weighted by atomic mass is 35.5. The van der Waals surface area contributed by atoms with Gasteiger partial charge in [-0.15, -0.1) is 0 Å². The number of amides is 2. The van der Waals surface area contributed by atoms with Crippen molar-refractivity contribution in [2.75, 3.05) is 0 Å². The van der Waals surface area contributed by atoms with Crippen LogP contribution in [0.4, 0.5) is 0 Å². The molecule has 3 aromatic carbocycles. The van der Waals surface area contributed by atoms with Crippen LogP contribution in [0, 0.1) is 6.92 Å². The van der Waals surface area contributed by atoms with Crippen LogP contribution >= 0.6 is 11.6 Å². The van der Waals surface area contributed by atoms with Crippen molar-refractivity contribution in [2.45, 2.75) is 6.92 Å². The van der Waals surface area contributed by atoms with E-state index in [9.17, 15) is 14.4 Å². The Morgan fingerprint density at radius 3 is 2.30 bits per heavy atom. The predicted molar refractivity (Wildman–Crippen MR) is 151 cm³/mol. The molecule has 1 aliphatic rings. The number of carbonyl (C=O) groups is 2. The van der Waals surface area contributed by atoms with Crippen molar-refractivity contribution >= 4 is 46.4 Å². The van der Waals surface area contributed by atoms with Crippen molar-refractivity contribution in [2.24, 2.45) is 4.99 Å². The Bertz CT molecular complexity index is 1890. The van der Waals surface area contributed by atoms with Gasteiger partial charge in [-0.3, -0.25) is 19.8 Å². The SMILES string of the molecule is Cc1nn(-c2ccccc2)c2nc(C(=O)N3NC(=O)/C(=C/c4ccc(Cl)cc4)N=C3c3ccccc3)[nH]c(=O)c12. The van der Waals surface area contributed by atoms with Gasteiger partial charge < -0.3 is 4.98 Å². The van der Waals surface area contributed by atoms with Crippen LogP contribution in [0.5, 0.6) is 0 Å². The van der Waals surface area contributed by atoms with Gasteiger partial charge in [-0.25, -0.2) is 14.7 Å². The predicted octanol–water partition coefficient (Wildman–Crippen LogP) is 4.05. The second-order valence-electron chi connectivity index (χ2n) is 8.91. The number of nitrogens with zero attached hydrogens (tertiary/aromatic N) is 5. The molecule has 3 heterocycles. The van der Waals surface area contributed by atoms with Crippen molar-refractivity contribution in [3.63, 3.8) is 0 Å². The smallest absolute Gasteiger partial charge is 0.302 e. The number of amidine groups is 1. The zero-order valence-electron chi connectivity index (χ0n) is 21.0. The summed E-state index contributed by atoms with van der Waals surface area (Å²) in [6.45, 7) is 1.69. The molecule has 0 saturated heterocycles. The molecule has 2 amide bonds. The van der Waals surface area contributed by atoms with Crippen LogP contribution in [0.2, 0.25) is 5.02 Å². The fourth-order valence-electron chi connectivity index (χ4n) is 4.31. The van der Waals surface area contributed by atoms with Crippen LogP contribution in [0.3, 0.4) is 0 Å². The molecule has 2 aromatic heterocycles. The summed E-state index contributed by atoms with van der Waals surface area (Å²) in [5.41, 5.74) is 4.76. The normalized spacial score (nSPS) is 14.3. The van der Waals surface area contributed by atoms with E-state index in [4.69, 9.17) is 11.6 Å². The first-order valence-corrected chi connectivity index (χ1v) is 12.6. The van der Waals surface area contributed by atoms with Gasteiger partial charge in [0.15, 0.2) is 11.5 Å². The van der Waals surface area contributed by atoms with Gasteiger partial charge in [0.25, 0.3) is 11.5 Å². The third-order valence-electron chi connectivity index (χ3n) is 6.21. The molecule has 0 atom stereocenters. The number of aromatic nitrogens is 4. The number of aryl methyl sites for hydroxylation is 1. The molecule has 11 heteroatoms. The number of rotatable bonds is 4. The molecule has 6 rings (SSSR count). The van der Waals surface area contributed by atoms with E-state index in [1.807, 2.05) is 36.4 Å². The standard InChI is InChI=1S/C29H20ClN7O3/c1-17-23-26(36(34-17)21-10-6-3-7-11-21)32-24(33-28(23)39)29(40)37-25(19-8-4-2-5-9-19)31-22(27(38)35-37)16-18-12-14-20(30)15-13-18/h2-16H,1H3,(H,35,38)(H,32,33,39)/b22-16-. The van der Waals surface area contributed by atoms with E-state index >= 15 is 0 Å². The Morgan fingerprint density at radius 2 is 1.60 bits per heavy atom. The maximum absolute atomic E-state index is 13.8. The molecule has 0 unspecified atom stereocenters.